The summed E-state index contributed by atoms with van der Waals surface area (Å²) in [6.07, 6.45) is 1.18. The Morgan fingerprint density at radius 2 is 1.94 bits per heavy atom. The molecule has 2 aromatic rings. The van der Waals surface area contributed by atoms with Gasteiger partial charge in [-0.05, 0) is 18.2 Å². The van der Waals surface area contributed by atoms with Crippen LogP contribution in [0.15, 0.2) is 28.9 Å². The highest BCUT2D eigenvalue weighted by Gasteiger charge is 2.29. The Labute approximate surface area is 92.4 Å². The summed E-state index contributed by atoms with van der Waals surface area (Å²) in [5.41, 5.74) is -1.60. The monoisotopic (exact) mass is 243 g/mol. The quantitative estimate of drug-likeness (QED) is 0.462. The fraction of sp³-hybridized carbons (Fsp3) is 0. The van der Waals surface area contributed by atoms with Crippen LogP contribution in [-0.2, 0) is 0 Å². The van der Waals surface area contributed by atoms with Gasteiger partial charge < -0.3 is 4.42 Å². The highest BCUT2D eigenvalue weighted by molar-refractivity contribution is 5.70. The van der Waals surface area contributed by atoms with Gasteiger partial charge in [-0.3, -0.25) is 10.1 Å². The molecule has 0 aliphatic rings. The smallest absolute Gasteiger partial charge is 0.319 e. The van der Waals surface area contributed by atoms with Gasteiger partial charge in [-0.15, -0.1) is 0 Å². The molecule has 0 aliphatic carbocycles. The zero-order valence-electron chi connectivity index (χ0n) is 8.12. The maximum absolute atomic E-state index is 13.3. The molecule has 1 aromatic heterocycles. The van der Waals surface area contributed by atoms with E-state index in [-0.39, 0.29) is 5.76 Å². The number of hydrogen-bond donors (Lipinski definition) is 0. The molecule has 0 spiro atoms. The number of furan rings is 1. The molecule has 0 N–H and O–H groups in total. The van der Waals surface area contributed by atoms with Gasteiger partial charge in [0.2, 0.25) is 11.6 Å². The molecule has 0 aliphatic heterocycles. The molecule has 1 heterocycles. The van der Waals surface area contributed by atoms with E-state index in [0.717, 1.165) is 0 Å². The van der Waals surface area contributed by atoms with Crippen molar-refractivity contribution in [3.05, 3.63) is 52.0 Å². The van der Waals surface area contributed by atoms with Crippen molar-refractivity contribution in [1.29, 1.82) is 0 Å². The predicted octanol–water partition coefficient (Wildman–Crippen LogP) is 3.27. The average molecular weight is 243 g/mol. The molecule has 17 heavy (non-hydrogen) atoms. The fourth-order valence-corrected chi connectivity index (χ4v) is 1.38. The van der Waals surface area contributed by atoms with Gasteiger partial charge >= 0.3 is 5.69 Å². The molecular weight excluding hydrogens is 239 g/mol. The number of rotatable bonds is 2. The Morgan fingerprint density at radius 1 is 1.24 bits per heavy atom. The predicted molar refractivity (Wildman–Crippen MR) is 50.7 cm³/mol. The van der Waals surface area contributed by atoms with E-state index in [9.17, 15) is 23.3 Å². The number of nitro groups is 1. The van der Waals surface area contributed by atoms with Crippen LogP contribution in [0.4, 0.5) is 18.9 Å². The van der Waals surface area contributed by atoms with Crippen LogP contribution in [0.2, 0.25) is 0 Å². The zero-order valence-corrected chi connectivity index (χ0v) is 8.12. The SMILES string of the molecule is O=[N+]([O-])c1c(-c2ccco2)cc(F)c(F)c1F. The molecule has 0 saturated heterocycles. The Kier molecular flexibility index (Phi) is 2.58. The minimum absolute atomic E-state index is 0.116. The van der Waals surface area contributed by atoms with E-state index in [0.29, 0.717) is 6.07 Å². The van der Waals surface area contributed by atoms with Crippen molar-refractivity contribution >= 4 is 5.69 Å². The van der Waals surface area contributed by atoms with E-state index in [1.165, 1.54) is 18.4 Å². The van der Waals surface area contributed by atoms with Crippen molar-refractivity contribution in [2.75, 3.05) is 0 Å². The van der Waals surface area contributed by atoms with Crippen LogP contribution in [0.25, 0.3) is 11.3 Å². The summed E-state index contributed by atoms with van der Waals surface area (Å²) >= 11 is 0. The Hall–Kier alpha value is -2.31. The number of halogens is 3. The van der Waals surface area contributed by atoms with Crippen LogP contribution in [0.1, 0.15) is 0 Å². The van der Waals surface area contributed by atoms with E-state index in [2.05, 4.69) is 0 Å². The molecule has 1 aromatic carbocycles. The molecule has 7 heteroatoms. The molecule has 0 saturated carbocycles. The third-order valence-corrected chi connectivity index (χ3v) is 2.11. The van der Waals surface area contributed by atoms with Crippen molar-refractivity contribution < 1.29 is 22.5 Å². The number of hydrogen-bond acceptors (Lipinski definition) is 3. The number of nitrogens with zero attached hydrogens (tertiary/aromatic N) is 1. The highest BCUT2D eigenvalue weighted by Crippen LogP contribution is 2.34. The summed E-state index contributed by atoms with van der Waals surface area (Å²) in [6, 6.07) is 3.19. The second-order valence-electron chi connectivity index (χ2n) is 3.12. The van der Waals surface area contributed by atoms with Gasteiger partial charge in [0.15, 0.2) is 5.82 Å². The first-order valence-corrected chi connectivity index (χ1v) is 4.38. The van der Waals surface area contributed by atoms with Gasteiger partial charge in [-0.1, -0.05) is 0 Å². The summed E-state index contributed by atoms with van der Waals surface area (Å²) in [4.78, 5) is 9.51. The minimum atomic E-state index is -1.88. The summed E-state index contributed by atoms with van der Waals surface area (Å²) in [5, 5.41) is 10.6. The molecule has 0 radical (unpaired) electrons. The Bertz CT molecular complexity index is 581. The molecule has 0 bridgehead atoms. The molecule has 88 valence electrons. The van der Waals surface area contributed by atoms with Crippen molar-refractivity contribution in [2.45, 2.75) is 0 Å². The lowest BCUT2D eigenvalue weighted by atomic mass is 10.1. The van der Waals surface area contributed by atoms with Crippen LogP contribution in [0, 0.1) is 27.6 Å². The maximum atomic E-state index is 13.3. The zero-order chi connectivity index (χ0) is 12.6. The van der Waals surface area contributed by atoms with Crippen LogP contribution >= 0.6 is 0 Å². The van der Waals surface area contributed by atoms with Crippen LogP contribution in [0.5, 0.6) is 0 Å². The standard InChI is InChI=1S/C10H4F3NO3/c11-6-4-5(7-2-1-3-17-7)10(14(15)16)9(13)8(6)12/h1-4H. The average Bonchev–Trinajstić information content (AvgIpc) is 2.77. The lowest BCUT2D eigenvalue weighted by molar-refractivity contribution is -0.387. The van der Waals surface area contributed by atoms with Gasteiger partial charge in [0.1, 0.15) is 11.3 Å². The summed E-state index contributed by atoms with van der Waals surface area (Å²) in [6.45, 7) is 0. The van der Waals surface area contributed by atoms with Crippen LogP contribution in [0.3, 0.4) is 0 Å². The number of benzene rings is 1. The molecule has 2 rings (SSSR count). The van der Waals surface area contributed by atoms with E-state index in [1.54, 1.807) is 0 Å². The molecule has 0 atom stereocenters. The van der Waals surface area contributed by atoms with Crippen LogP contribution < -0.4 is 0 Å². The molecule has 0 fully saturated rings. The second-order valence-corrected chi connectivity index (χ2v) is 3.12. The maximum Gasteiger partial charge on any atom is 0.319 e. The molecular formula is C10H4F3NO3. The first-order chi connectivity index (χ1) is 8.02. The van der Waals surface area contributed by atoms with E-state index in [4.69, 9.17) is 4.42 Å². The van der Waals surface area contributed by atoms with Crippen molar-refractivity contribution in [1.82, 2.24) is 0 Å². The first-order valence-electron chi connectivity index (χ1n) is 4.38. The number of nitro benzene ring substituents is 1. The third kappa shape index (κ3) is 1.75. The third-order valence-electron chi connectivity index (χ3n) is 2.11. The van der Waals surface area contributed by atoms with Gasteiger partial charge in [0.25, 0.3) is 0 Å². The fourth-order valence-electron chi connectivity index (χ4n) is 1.38. The van der Waals surface area contributed by atoms with Crippen LogP contribution in [-0.4, -0.2) is 4.92 Å². The second kappa shape index (κ2) is 3.93. The summed E-state index contributed by atoms with van der Waals surface area (Å²) in [5.74, 6) is -5.36. The largest absolute Gasteiger partial charge is 0.464 e. The molecule has 0 amide bonds. The molecule has 0 unspecified atom stereocenters. The lowest BCUT2D eigenvalue weighted by Crippen LogP contribution is -2.01. The van der Waals surface area contributed by atoms with Gasteiger partial charge in [0, 0.05) is 0 Å². The summed E-state index contributed by atoms with van der Waals surface area (Å²) < 4.78 is 44.0. The normalized spacial score (nSPS) is 10.5. The van der Waals surface area contributed by atoms with Crippen molar-refractivity contribution in [3.63, 3.8) is 0 Å². The Morgan fingerprint density at radius 3 is 2.47 bits per heavy atom. The topological polar surface area (TPSA) is 56.3 Å². The summed E-state index contributed by atoms with van der Waals surface area (Å²) in [7, 11) is 0. The van der Waals surface area contributed by atoms with Gasteiger partial charge in [0.05, 0.1) is 11.2 Å². The van der Waals surface area contributed by atoms with Crippen molar-refractivity contribution in [2.24, 2.45) is 0 Å². The van der Waals surface area contributed by atoms with Gasteiger partial charge in [-0.2, -0.15) is 4.39 Å². The lowest BCUT2D eigenvalue weighted by Gasteiger charge is -2.02. The van der Waals surface area contributed by atoms with Gasteiger partial charge in [-0.25, -0.2) is 8.78 Å². The minimum Gasteiger partial charge on any atom is -0.464 e. The Balaban J connectivity index is 2.79. The van der Waals surface area contributed by atoms with E-state index < -0.39 is 33.6 Å². The first kappa shape index (κ1) is 11.2. The van der Waals surface area contributed by atoms with E-state index in [1.807, 2.05) is 0 Å². The van der Waals surface area contributed by atoms with E-state index >= 15 is 0 Å². The highest BCUT2D eigenvalue weighted by atomic mass is 19.2. The van der Waals surface area contributed by atoms with Crippen molar-refractivity contribution in [3.8, 4) is 11.3 Å². The molecule has 4 nitrogen and oxygen atoms in total.